The van der Waals surface area contributed by atoms with Gasteiger partial charge in [-0.05, 0) is 43.0 Å². The van der Waals surface area contributed by atoms with E-state index in [1.165, 1.54) is 23.5 Å². The minimum atomic E-state index is -0.223. The van der Waals surface area contributed by atoms with E-state index in [9.17, 15) is 9.18 Å². The summed E-state index contributed by atoms with van der Waals surface area (Å²) in [5, 5.41) is 3.81. The van der Waals surface area contributed by atoms with Crippen LogP contribution in [0.15, 0.2) is 54.7 Å². The van der Waals surface area contributed by atoms with E-state index in [1.54, 1.807) is 18.3 Å². The average molecular weight is 353 g/mol. The van der Waals surface area contributed by atoms with Crippen molar-refractivity contribution >= 4 is 22.3 Å². The van der Waals surface area contributed by atoms with Gasteiger partial charge in [0.15, 0.2) is 5.13 Å². The molecule has 1 radical (unpaired) electrons. The maximum Gasteiger partial charge on any atom is 0.204 e. The van der Waals surface area contributed by atoms with E-state index in [-0.39, 0.29) is 11.6 Å². The number of hydrogen-bond donors (Lipinski definition) is 1. The number of aryl methyl sites for hydroxylation is 2. The zero-order valence-corrected chi connectivity index (χ0v) is 14.6. The highest BCUT2D eigenvalue weighted by atomic mass is 32.1. The van der Waals surface area contributed by atoms with Crippen LogP contribution in [0.25, 0.3) is 0 Å². The van der Waals surface area contributed by atoms with E-state index in [4.69, 9.17) is 0 Å². The minimum Gasteiger partial charge on any atom is -0.357 e. The van der Waals surface area contributed by atoms with E-state index in [2.05, 4.69) is 10.3 Å². The van der Waals surface area contributed by atoms with E-state index >= 15 is 0 Å². The van der Waals surface area contributed by atoms with Crippen LogP contribution in [0.5, 0.6) is 0 Å². The van der Waals surface area contributed by atoms with Gasteiger partial charge in [0.25, 0.3) is 0 Å². The Labute approximate surface area is 150 Å². The molecule has 0 unspecified atom stereocenters. The predicted molar refractivity (Wildman–Crippen MR) is 99.4 cm³/mol. The molecule has 1 N–H and O–H groups in total. The van der Waals surface area contributed by atoms with Crippen molar-refractivity contribution in [3.8, 4) is 0 Å². The van der Waals surface area contributed by atoms with Crippen LogP contribution in [0.4, 0.5) is 9.52 Å². The number of aromatic nitrogens is 1. The number of anilines is 1. The number of nitrogens with one attached hydrogen (secondary N) is 1. The monoisotopic (exact) mass is 353 g/mol. The van der Waals surface area contributed by atoms with Crippen molar-refractivity contribution in [1.82, 2.24) is 4.98 Å². The number of benzene rings is 2. The molecule has 25 heavy (non-hydrogen) atoms. The highest BCUT2D eigenvalue weighted by Crippen LogP contribution is 2.23. The van der Waals surface area contributed by atoms with Gasteiger partial charge in [0, 0.05) is 12.1 Å². The third-order valence-electron chi connectivity index (χ3n) is 3.84. The molecular weight excluding hydrogens is 335 g/mol. The van der Waals surface area contributed by atoms with Gasteiger partial charge in [-0.3, -0.25) is 4.79 Å². The smallest absolute Gasteiger partial charge is 0.204 e. The molecule has 1 aromatic heterocycles. The van der Waals surface area contributed by atoms with Gasteiger partial charge >= 0.3 is 0 Å². The van der Waals surface area contributed by atoms with Crippen LogP contribution in [0.3, 0.4) is 0 Å². The molecule has 3 nitrogen and oxygen atoms in total. The summed E-state index contributed by atoms with van der Waals surface area (Å²) in [5.74, 6) is -0.227. The molecule has 0 atom stereocenters. The lowest BCUT2D eigenvalue weighted by molar-refractivity contribution is 0.104. The lowest BCUT2D eigenvalue weighted by atomic mass is 10.0. The second-order valence-corrected chi connectivity index (χ2v) is 6.72. The topological polar surface area (TPSA) is 42.0 Å². The maximum absolute atomic E-state index is 12.9. The van der Waals surface area contributed by atoms with Crippen molar-refractivity contribution in [2.24, 2.45) is 0 Å². The van der Waals surface area contributed by atoms with Gasteiger partial charge in [-0.25, -0.2) is 9.37 Å². The molecule has 127 valence electrons. The normalized spacial score (nSPS) is 10.6. The van der Waals surface area contributed by atoms with Crippen molar-refractivity contribution < 1.29 is 9.18 Å². The Hall–Kier alpha value is -2.53. The first-order valence-electron chi connectivity index (χ1n) is 8.02. The first kappa shape index (κ1) is 17.3. The number of rotatable bonds is 7. The Balaban J connectivity index is 1.52. The summed E-state index contributed by atoms with van der Waals surface area (Å²) < 4.78 is 12.9. The lowest BCUT2D eigenvalue weighted by Gasteiger charge is -2.03. The second kappa shape index (κ2) is 8.03. The quantitative estimate of drug-likeness (QED) is 0.478. The number of ketones is 1. The van der Waals surface area contributed by atoms with E-state index in [1.807, 2.05) is 37.7 Å². The van der Waals surface area contributed by atoms with Gasteiger partial charge in [0.2, 0.25) is 5.78 Å². The van der Waals surface area contributed by atoms with Crippen LogP contribution < -0.4 is 5.32 Å². The van der Waals surface area contributed by atoms with Gasteiger partial charge in [-0.1, -0.05) is 47.7 Å². The molecule has 0 aliphatic carbocycles. The van der Waals surface area contributed by atoms with Crippen molar-refractivity contribution in [3.05, 3.63) is 88.7 Å². The van der Waals surface area contributed by atoms with Crippen LogP contribution >= 0.6 is 11.3 Å². The molecule has 0 amide bonds. The summed E-state index contributed by atoms with van der Waals surface area (Å²) in [6, 6.07) is 14.0. The van der Waals surface area contributed by atoms with Crippen molar-refractivity contribution in [2.75, 3.05) is 5.32 Å². The molecule has 0 fully saturated rings. The summed E-state index contributed by atoms with van der Waals surface area (Å²) in [5.41, 5.74) is 2.74. The van der Waals surface area contributed by atoms with Gasteiger partial charge in [0.1, 0.15) is 5.82 Å². The van der Waals surface area contributed by atoms with Crippen LogP contribution in [0.1, 0.15) is 32.8 Å². The third-order valence-corrected chi connectivity index (χ3v) is 4.76. The molecule has 0 aliphatic rings. The zero-order valence-electron chi connectivity index (χ0n) is 13.8. The Bertz CT molecular complexity index is 858. The summed E-state index contributed by atoms with van der Waals surface area (Å²) in [4.78, 5) is 17.4. The van der Waals surface area contributed by atoms with E-state index in [0.717, 1.165) is 24.0 Å². The van der Waals surface area contributed by atoms with Crippen LogP contribution in [-0.4, -0.2) is 10.8 Å². The molecule has 3 rings (SSSR count). The number of halogens is 1. The van der Waals surface area contributed by atoms with Crippen molar-refractivity contribution in [1.29, 1.82) is 0 Å². The Morgan fingerprint density at radius 2 is 1.96 bits per heavy atom. The molecule has 0 aliphatic heterocycles. The number of thiazole rings is 1. The summed E-state index contributed by atoms with van der Waals surface area (Å²) >= 11 is 1.34. The summed E-state index contributed by atoms with van der Waals surface area (Å²) in [6.07, 6.45) is 3.20. The SMILES string of the molecule is Cc1ccccc1C(=O)c1cnc(N[CH]CCc2ccc(F)cc2)s1. The number of hydrogen-bond acceptors (Lipinski definition) is 4. The molecule has 0 saturated carbocycles. The van der Waals surface area contributed by atoms with Crippen LogP contribution in [-0.2, 0) is 6.42 Å². The zero-order chi connectivity index (χ0) is 17.6. The largest absolute Gasteiger partial charge is 0.357 e. The number of nitrogens with zero attached hydrogens (tertiary/aromatic N) is 1. The Morgan fingerprint density at radius 3 is 2.72 bits per heavy atom. The fourth-order valence-electron chi connectivity index (χ4n) is 2.46. The highest BCUT2D eigenvalue weighted by Gasteiger charge is 2.14. The molecule has 0 spiro atoms. The fourth-order valence-corrected chi connectivity index (χ4v) is 3.22. The first-order chi connectivity index (χ1) is 12.1. The Kier molecular flexibility index (Phi) is 5.56. The van der Waals surface area contributed by atoms with Crippen molar-refractivity contribution in [3.63, 3.8) is 0 Å². The highest BCUT2D eigenvalue weighted by molar-refractivity contribution is 7.17. The number of carbonyl (C=O) groups excluding carboxylic acids is 1. The average Bonchev–Trinajstić information content (AvgIpc) is 3.09. The van der Waals surface area contributed by atoms with Crippen LogP contribution in [0.2, 0.25) is 0 Å². The van der Waals surface area contributed by atoms with E-state index < -0.39 is 0 Å². The standard InChI is InChI=1S/C20H18FN2OS/c1-14-5-2-3-7-17(14)19(24)18-13-23-20(25-18)22-12-4-6-15-8-10-16(21)11-9-15/h2-3,5,7-13H,4,6H2,1H3,(H,22,23). The predicted octanol–water partition coefficient (Wildman–Crippen LogP) is 5.03. The molecule has 2 aromatic carbocycles. The maximum atomic E-state index is 12.9. The lowest BCUT2D eigenvalue weighted by Crippen LogP contribution is -2.00. The van der Waals surface area contributed by atoms with Gasteiger partial charge in [-0.2, -0.15) is 0 Å². The molecule has 3 aromatic rings. The van der Waals surface area contributed by atoms with Crippen molar-refractivity contribution in [2.45, 2.75) is 19.8 Å². The fraction of sp³-hybridized carbons (Fsp3) is 0.150. The summed E-state index contributed by atoms with van der Waals surface area (Å²) in [7, 11) is 0. The van der Waals surface area contributed by atoms with Gasteiger partial charge < -0.3 is 5.32 Å². The minimum absolute atomic E-state index is 0.00466. The Morgan fingerprint density at radius 1 is 1.20 bits per heavy atom. The molecular formula is C20H18FN2OS. The second-order valence-electron chi connectivity index (χ2n) is 5.69. The third kappa shape index (κ3) is 4.51. The van der Waals surface area contributed by atoms with Gasteiger partial charge in [0.05, 0.1) is 11.1 Å². The van der Waals surface area contributed by atoms with Crippen LogP contribution in [0, 0.1) is 19.3 Å². The molecule has 0 bridgehead atoms. The molecule has 1 heterocycles. The first-order valence-corrected chi connectivity index (χ1v) is 8.84. The van der Waals surface area contributed by atoms with E-state index in [0.29, 0.717) is 15.6 Å². The molecule has 5 heteroatoms. The molecule has 0 saturated heterocycles. The van der Waals surface area contributed by atoms with Gasteiger partial charge in [-0.15, -0.1) is 0 Å². The number of carbonyl (C=O) groups is 1. The summed E-state index contributed by atoms with van der Waals surface area (Å²) in [6.45, 7) is 3.83.